The molecule has 2 heterocycles. The van der Waals surface area contributed by atoms with Crippen molar-refractivity contribution in [3.8, 4) is 0 Å². The normalized spacial score (nSPS) is 18.8. The van der Waals surface area contributed by atoms with Crippen LogP contribution in [0.5, 0.6) is 0 Å². The second kappa shape index (κ2) is 5.28. The Morgan fingerprint density at radius 2 is 2.30 bits per heavy atom. The predicted molar refractivity (Wildman–Crippen MR) is 72.9 cm³/mol. The van der Waals surface area contributed by atoms with Crippen LogP contribution < -0.4 is 10.6 Å². The molecule has 1 aliphatic rings. The second-order valence-corrected chi connectivity index (χ2v) is 4.94. The Kier molecular flexibility index (Phi) is 3.32. The molecule has 3 N–H and O–H groups in total. The van der Waals surface area contributed by atoms with Crippen molar-refractivity contribution in [3.05, 3.63) is 35.7 Å². The van der Waals surface area contributed by atoms with Crippen LogP contribution in [-0.4, -0.2) is 33.1 Å². The summed E-state index contributed by atoms with van der Waals surface area (Å²) in [6, 6.07) is 7.81. The lowest BCUT2D eigenvalue weighted by atomic mass is 9.93. The quantitative estimate of drug-likeness (QED) is 0.763. The highest BCUT2D eigenvalue weighted by molar-refractivity contribution is 5.81. The van der Waals surface area contributed by atoms with Crippen LogP contribution in [0.15, 0.2) is 24.3 Å². The van der Waals surface area contributed by atoms with Gasteiger partial charge >= 0.3 is 0 Å². The van der Waals surface area contributed by atoms with Crippen LogP contribution in [0.25, 0.3) is 0 Å². The van der Waals surface area contributed by atoms with Gasteiger partial charge in [0.15, 0.2) is 5.82 Å². The van der Waals surface area contributed by atoms with Gasteiger partial charge in [-0.15, -0.1) is 10.2 Å². The van der Waals surface area contributed by atoms with Crippen LogP contribution in [0.4, 0.5) is 5.69 Å². The van der Waals surface area contributed by atoms with Crippen LogP contribution in [0.2, 0.25) is 0 Å². The molecule has 3 rings (SSSR count). The molecular weight excluding hydrogens is 256 g/mol. The number of tetrazole rings is 1. The summed E-state index contributed by atoms with van der Waals surface area (Å²) >= 11 is 0. The van der Waals surface area contributed by atoms with Crippen LogP contribution >= 0.6 is 0 Å². The van der Waals surface area contributed by atoms with Crippen molar-refractivity contribution in [1.29, 1.82) is 0 Å². The number of nitrogens with one attached hydrogen (secondary N) is 3. The summed E-state index contributed by atoms with van der Waals surface area (Å²) < 4.78 is 0. The number of nitrogens with zero attached hydrogens (tertiary/aromatic N) is 3. The summed E-state index contributed by atoms with van der Waals surface area (Å²) in [6.07, 6.45) is 0.744. The van der Waals surface area contributed by atoms with Crippen molar-refractivity contribution < 1.29 is 4.79 Å². The van der Waals surface area contributed by atoms with E-state index in [9.17, 15) is 4.79 Å². The van der Waals surface area contributed by atoms with Crippen LogP contribution in [0.1, 0.15) is 24.4 Å². The number of hydrogen-bond donors (Lipinski definition) is 3. The van der Waals surface area contributed by atoms with E-state index in [0.29, 0.717) is 12.4 Å². The van der Waals surface area contributed by atoms with E-state index in [1.807, 2.05) is 31.2 Å². The topological polar surface area (TPSA) is 95.6 Å². The van der Waals surface area contributed by atoms with Crippen molar-refractivity contribution >= 4 is 11.6 Å². The Hall–Kier alpha value is -2.44. The van der Waals surface area contributed by atoms with Gasteiger partial charge in [-0.25, -0.2) is 0 Å². The molecule has 0 radical (unpaired) electrons. The Morgan fingerprint density at radius 1 is 1.45 bits per heavy atom. The average Bonchev–Trinajstić information content (AvgIpc) is 3.01. The Balaban J connectivity index is 1.64. The summed E-state index contributed by atoms with van der Waals surface area (Å²) in [5.74, 6) is 0.408. The van der Waals surface area contributed by atoms with Gasteiger partial charge in [0.05, 0.1) is 12.0 Å². The van der Waals surface area contributed by atoms with E-state index >= 15 is 0 Å². The zero-order valence-corrected chi connectivity index (χ0v) is 11.1. The van der Waals surface area contributed by atoms with Gasteiger partial charge < -0.3 is 10.6 Å². The maximum absolute atomic E-state index is 12.3. The predicted octanol–water partition coefficient (Wildman–Crippen LogP) is 0.661. The number of para-hydroxylation sites is 1. The molecule has 0 aliphatic carbocycles. The maximum Gasteiger partial charge on any atom is 0.225 e. The third-order valence-corrected chi connectivity index (χ3v) is 3.50. The molecule has 20 heavy (non-hydrogen) atoms. The Labute approximate surface area is 116 Å². The molecule has 1 aromatic heterocycles. The molecule has 2 atom stereocenters. The minimum atomic E-state index is -0.251. The van der Waals surface area contributed by atoms with Crippen molar-refractivity contribution in [2.45, 2.75) is 19.4 Å². The first-order chi connectivity index (χ1) is 9.74. The monoisotopic (exact) mass is 272 g/mol. The summed E-state index contributed by atoms with van der Waals surface area (Å²) in [6.45, 7) is 2.48. The SMILES string of the molecule is CC(NC(=O)C1CNc2ccccc2C1)c1nn[nH]n1. The molecule has 7 nitrogen and oxygen atoms in total. The van der Waals surface area contributed by atoms with Crippen molar-refractivity contribution in [2.75, 3.05) is 11.9 Å². The number of benzene rings is 1. The largest absolute Gasteiger partial charge is 0.384 e. The van der Waals surface area contributed by atoms with Gasteiger partial charge in [0, 0.05) is 12.2 Å². The van der Waals surface area contributed by atoms with Crippen molar-refractivity contribution in [1.82, 2.24) is 25.9 Å². The van der Waals surface area contributed by atoms with E-state index in [2.05, 4.69) is 31.3 Å². The Morgan fingerprint density at radius 3 is 3.10 bits per heavy atom. The van der Waals surface area contributed by atoms with Gasteiger partial charge in [-0.3, -0.25) is 4.79 Å². The summed E-state index contributed by atoms with van der Waals surface area (Å²) in [4.78, 5) is 12.3. The summed E-state index contributed by atoms with van der Waals surface area (Å²) in [7, 11) is 0. The molecule has 1 aromatic carbocycles. The number of aromatic nitrogens is 4. The third-order valence-electron chi connectivity index (χ3n) is 3.50. The first-order valence-electron chi connectivity index (χ1n) is 6.59. The fourth-order valence-corrected chi connectivity index (χ4v) is 2.38. The maximum atomic E-state index is 12.3. The molecule has 0 saturated carbocycles. The van der Waals surface area contributed by atoms with E-state index < -0.39 is 0 Å². The van der Waals surface area contributed by atoms with E-state index in [4.69, 9.17) is 0 Å². The first kappa shape index (κ1) is 12.6. The summed E-state index contributed by atoms with van der Waals surface area (Å²) in [5, 5.41) is 19.8. The Bertz CT molecular complexity index is 597. The molecule has 1 amide bonds. The molecule has 0 spiro atoms. The number of rotatable bonds is 3. The highest BCUT2D eigenvalue weighted by Crippen LogP contribution is 2.24. The number of H-pyrrole nitrogens is 1. The zero-order chi connectivity index (χ0) is 13.9. The van der Waals surface area contributed by atoms with Gasteiger partial charge in [0.25, 0.3) is 0 Å². The number of amides is 1. The van der Waals surface area contributed by atoms with Gasteiger partial charge in [-0.1, -0.05) is 23.4 Å². The molecule has 0 bridgehead atoms. The number of aromatic amines is 1. The fourth-order valence-electron chi connectivity index (χ4n) is 2.38. The molecule has 0 fully saturated rings. The molecule has 7 heteroatoms. The van der Waals surface area contributed by atoms with Gasteiger partial charge in [0.1, 0.15) is 0 Å². The smallest absolute Gasteiger partial charge is 0.225 e. The second-order valence-electron chi connectivity index (χ2n) is 4.94. The van der Waals surface area contributed by atoms with Crippen LogP contribution in [0, 0.1) is 5.92 Å². The average molecular weight is 272 g/mol. The van der Waals surface area contributed by atoms with Gasteiger partial charge in [0.2, 0.25) is 5.91 Å². The standard InChI is InChI=1S/C13H16N6O/c1-8(12-16-18-19-17-12)15-13(20)10-6-9-4-2-3-5-11(9)14-7-10/h2-5,8,10,14H,6-7H2,1H3,(H,15,20)(H,16,17,18,19). The minimum absolute atomic E-state index is 0.00398. The lowest BCUT2D eigenvalue weighted by Crippen LogP contribution is -2.39. The van der Waals surface area contributed by atoms with Crippen LogP contribution in [0.3, 0.4) is 0 Å². The number of carbonyl (C=O) groups excluding carboxylic acids is 1. The third kappa shape index (κ3) is 2.47. The van der Waals surface area contributed by atoms with E-state index in [-0.39, 0.29) is 17.9 Å². The number of carbonyl (C=O) groups is 1. The first-order valence-corrected chi connectivity index (χ1v) is 6.59. The summed E-state index contributed by atoms with van der Waals surface area (Å²) in [5.41, 5.74) is 2.29. The molecule has 2 unspecified atom stereocenters. The van der Waals surface area contributed by atoms with Crippen molar-refractivity contribution in [2.24, 2.45) is 5.92 Å². The van der Waals surface area contributed by atoms with Crippen molar-refractivity contribution in [3.63, 3.8) is 0 Å². The molecule has 1 aliphatic heterocycles. The highest BCUT2D eigenvalue weighted by atomic mass is 16.2. The van der Waals surface area contributed by atoms with Gasteiger partial charge in [-0.2, -0.15) is 5.21 Å². The zero-order valence-electron chi connectivity index (χ0n) is 11.1. The van der Waals surface area contributed by atoms with E-state index in [1.165, 1.54) is 5.56 Å². The molecule has 104 valence electrons. The van der Waals surface area contributed by atoms with E-state index in [0.717, 1.165) is 12.1 Å². The fraction of sp³-hybridized carbons (Fsp3) is 0.385. The molecular formula is C13H16N6O. The lowest BCUT2D eigenvalue weighted by molar-refractivity contribution is -0.125. The molecule has 0 saturated heterocycles. The van der Waals surface area contributed by atoms with E-state index in [1.54, 1.807) is 0 Å². The highest BCUT2D eigenvalue weighted by Gasteiger charge is 2.26. The minimum Gasteiger partial charge on any atom is -0.384 e. The number of anilines is 1. The molecule has 2 aromatic rings. The number of fused-ring (bicyclic) bond motifs is 1. The number of hydrogen-bond acceptors (Lipinski definition) is 5. The van der Waals surface area contributed by atoms with Gasteiger partial charge in [-0.05, 0) is 25.0 Å². The lowest BCUT2D eigenvalue weighted by Gasteiger charge is -2.26. The van der Waals surface area contributed by atoms with Crippen LogP contribution in [-0.2, 0) is 11.2 Å².